The molecule has 2 aromatic rings. The van der Waals surface area contributed by atoms with Crippen molar-refractivity contribution in [1.29, 1.82) is 0 Å². The van der Waals surface area contributed by atoms with Gasteiger partial charge in [0.15, 0.2) is 0 Å². The first-order valence-corrected chi connectivity index (χ1v) is 9.30. The molecule has 130 valence electrons. The molecule has 0 spiro atoms. The van der Waals surface area contributed by atoms with Gasteiger partial charge < -0.3 is 4.98 Å². The predicted molar refractivity (Wildman–Crippen MR) is 94.5 cm³/mol. The summed E-state index contributed by atoms with van der Waals surface area (Å²) in [4.78, 5) is 28.5. The molecule has 1 aromatic carbocycles. The number of rotatable bonds is 2. The lowest BCUT2D eigenvalue weighted by molar-refractivity contribution is -0.147. The molecule has 0 aliphatic heterocycles. The van der Waals surface area contributed by atoms with Crippen molar-refractivity contribution < 1.29 is 9.59 Å². The molecule has 4 aliphatic rings. The summed E-state index contributed by atoms with van der Waals surface area (Å²) < 4.78 is 0. The third-order valence-electron chi connectivity index (χ3n) is 6.64. The Morgan fingerprint density at radius 3 is 2.28 bits per heavy atom. The molecule has 0 atom stereocenters. The molecule has 2 amide bonds. The van der Waals surface area contributed by atoms with Crippen LogP contribution in [0.3, 0.4) is 0 Å². The van der Waals surface area contributed by atoms with Crippen LogP contribution < -0.4 is 10.9 Å². The molecule has 5 heteroatoms. The van der Waals surface area contributed by atoms with Crippen LogP contribution in [0.2, 0.25) is 0 Å². The second-order valence-electron chi connectivity index (χ2n) is 8.35. The van der Waals surface area contributed by atoms with Gasteiger partial charge in [0.2, 0.25) is 5.91 Å². The van der Waals surface area contributed by atoms with Gasteiger partial charge in [-0.2, -0.15) is 0 Å². The van der Waals surface area contributed by atoms with E-state index in [1.165, 1.54) is 19.3 Å². The first-order valence-electron chi connectivity index (χ1n) is 9.30. The molecule has 1 aromatic heterocycles. The van der Waals surface area contributed by atoms with E-state index in [2.05, 4.69) is 15.8 Å². The highest BCUT2D eigenvalue weighted by atomic mass is 16.2. The maximum absolute atomic E-state index is 12.9. The topological polar surface area (TPSA) is 74.0 Å². The van der Waals surface area contributed by atoms with Gasteiger partial charge in [-0.05, 0) is 62.3 Å². The number of hydrogen-bond acceptors (Lipinski definition) is 2. The highest BCUT2D eigenvalue weighted by Gasteiger charge is 2.54. The standard InChI is InChI=1S/C20H23N3O2/c24-18(16-11-21-17-4-2-1-3-15(16)17)22-23-19(25)20-8-12-5-13(9-20)7-14(6-12)10-20/h1-4,11-14,21H,5-10H2,(H,22,24)(H,23,25). The van der Waals surface area contributed by atoms with E-state index in [1.807, 2.05) is 24.3 Å². The molecular formula is C20H23N3O2. The van der Waals surface area contributed by atoms with Gasteiger partial charge in [-0.15, -0.1) is 0 Å². The van der Waals surface area contributed by atoms with Crippen molar-refractivity contribution in [2.24, 2.45) is 23.2 Å². The van der Waals surface area contributed by atoms with E-state index in [-0.39, 0.29) is 17.2 Å². The zero-order valence-corrected chi connectivity index (χ0v) is 14.2. The summed E-state index contributed by atoms with van der Waals surface area (Å²) in [5.74, 6) is 1.87. The Morgan fingerprint density at radius 2 is 1.60 bits per heavy atom. The normalized spacial score (nSPS) is 32.7. The summed E-state index contributed by atoms with van der Waals surface area (Å²) in [7, 11) is 0. The van der Waals surface area contributed by atoms with Crippen molar-refractivity contribution >= 4 is 22.7 Å². The van der Waals surface area contributed by atoms with Crippen molar-refractivity contribution in [3.8, 4) is 0 Å². The molecule has 0 saturated heterocycles. The Kier molecular flexibility index (Phi) is 3.21. The van der Waals surface area contributed by atoms with Crippen molar-refractivity contribution in [1.82, 2.24) is 15.8 Å². The number of para-hydroxylation sites is 1. The highest BCUT2D eigenvalue weighted by molar-refractivity contribution is 6.07. The monoisotopic (exact) mass is 337 g/mol. The molecule has 6 rings (SSSR count). The third kappa shape index (κ3) is 2.36. The number of nitrogens with one attached hydrogen (secondary N) is 3. The number of benzene rings is 1. The predicted octanol–water partition coefficient (Wildman–Crippen LogP) is 3.15. The van der Waals surface area contributed by atoms with Crippen LogP contribution in [0.4, 0.5) is 0 Å². The molecule has 0 radical (unpaired) electrons. The number of amides is 2. The quantitative estimate of drug-likeness (QED) is 0.737. The minimum atomic E-state index is -0.268. The fourth-order valence-corrected chi connectivity index (χ4v) is 5.96. The smallest absolute Gasteiger partial charge is 0.271 e. The van der Waals surface area contributed by atoms with Gasteiger partial charge in [-0.25, -0.2) is 0 Å². The van der Waals surface area contributed by atoms with Crippen molar-refractivity contribution in [2.45, 2.75) is 38.5 Å². The zero-order chi connectivity index (χ0) is 17.0. The van der Waals surface area contributed by atoms with Crippen LogP contribution in [0.25, 0.3) is 10.9 Å². The maximum Gasteiger partial charge on any atom is 0.271 e. The average Bonchev–Trinajstić information content (AvgIpc) is 3.02. The van der Waals surface area contributed by atoms with E-state index < -0.39 is 0 Å². The molecule has 4 aliphatic carbocycles. The van der Waals surface area contributed by atoms with E-state index in [9.17, 15) is 9.59 Å². The Labute approximate surface area is 146 Å². The number of hydrogen-bond donors (Lipinski definition) is 3. The Hall–Kier alpha value is -2.30. The summed E-state index contributed by atoms with van der Waals surface area (Å²) in [6, 6.07) is 7.66. The number of H-pyrrole nitrogens is 1. The molecule has 3 N–H and O–H groups in total. The van der Waals surface area contributed by atoms with Crippen molar-refractivity contribution in [2.75, 3.05) is 0 Å². The van der Waals surface area contributed by atoms with E-state index in [0.29, 0.717) is 23.3 Å². The van der Waals surface area contributed by atoms with Crippen LogP contribution in [0.1, 0.15) is 48.9 Å². The zero-order valence-electron chi connectivity index (χ0n) is 14.2. The van der Waals surface area contributed by atoms with E-state index in [1.54, 1.807) is 6.20 Å². The fourth-order valence-electron chi connectivity index (χ4n) is 5.96. The molecule has 0 unspecified atom stereocenters. The molecule has 25 heavy (non-hydrogen) atoms. The van der Waals surface area contributed by atoms with Crippen molar-refractivity contribution in [3.63, 3.8) is 0 Å². The van der Waals surface area contributed by atoms with Crippen LogP contribution in [-0.4, -0.2) is 16.8 Å². The van der Waals surface area contributed by atoms with Crippen LogP contribution in [0.5, 0.6) is 0 Å². The number of carbonyl (C=O) groups excluding carboxylic acids is 2. The molecule has 5 nitrogen and oxygen atoms in total. The fraction of sp³-hybridized carbons (Fsp3) is 0.500. The summed E-state index contributed by atoms with van der Waals surface area (Å²) in [6.07, 6.45) is 8.57. The summed E-state index contributed by atoms with van der Waals surface area (Å²) >= 11 is 0. The molecule has 4 bridgehead atoms. The van der Waals surface area contributed by atoms with E-state index in [4.69, 9.17) is 0 Å². The van der Waals surface area contributed by atoms with Gasteiger partial charge in [0.05, 0.1) is 11.0 Å². The second-order valence-corrected chi connectivity index (χ2v) is 8.35. The summed E-state index contributed by atoms with van der Waals surface area (Å²) in [5, 5.41) is 0.865. The van der Waals surface area contributed by atoms with Gasteiger partial charge in [-0.3, -0.25) is 20.4 Å². The lowest BCUT2D eigenvalue weighted by atomic mass is 9.49. The van der Waals surface area contributed by atoms with Crippen molar-refractivity contribution in [3.05, 3.63) is 36.0 Å². The third-order valence-corrected chi connectivity index (χ3v) is 6.64. The largest absolute Gasteiger partial charge is 0.360 e. The van der Waals surface area contributed by atoms with Crippen LogP contribution in [0.15, 0.2) is 30.5 Å². The number of carbonyl (C=O) groups is 2. The number of aromatic nitrogens is 1. The van der Waals surface area contributed by atoms with Gasteiger partial charge in [0.1, 0.15) is 0 Å². The highest BCUT2D eigenvalue weighted by Crippen LogP contribution is 2.60. The minimum Gasteiger partial charge on any atom is -0.360 e. The minimum absolute atomic E-state index is 0.0137. The molecule has 4 saturated carbocycles. The number of fused-ring (bicyclic) bond motifs is 1. The van der Waals surface area contributed by atoms with Gasteiger partial charge in [0, 0.05) is 17.1 Å². The molecular weight excluding hydrogens is 314 g/mol. The maximum atomic E-state index is 12.9. The lowest BCUT2D eigenvalue weighted by Crippen LogP contribution is -2.56. The molecule has 4 fully saturated rings. The molecule has 1 heterocycles. The summed E-state index contributed by atoms with van der Waals surface area (Å²) in [5.41, 5.74) is 6.61. The Balaban J connectivity index is 1.30. The van der Waals surface area contributed by atoms with E-state index >= 15 is 0 Å². The van der Waals surface area contributed by atoms with Gasteiger partial charge in [-0.1, -0.05) is 18.2 Å². The van der Waals surface area contributed by atoms with E-state index in [0.717, 1.165) is 30.2 Å². The van der Waals surface area contributed by atoms with Crippen LogP contribution in [-0.2, 0) is 4.79 Å². The average molecular weight is 337 g/mol. The van der Waals surface area contributed by atoms with Gasteiger partial charge >= 0.3 is 0 Å². The first-order chi connectivity index (χ1) is 12.1. The summed E-state index contributed by atoms with van der Waals surface area (Å²) in [6.45, 7) is 0. The second kappa shape index (κ2) is 5.35. The SMILES string of the molecule is O=C(NNC(=O)C12CC3CC(CC(C3)C1)C2)c1c[nH]c2ccccc12. The van der Waals surface area contributed by atoms with Crippen LogP contribution >= 0.6 is 0 Å². The van der Waals surface area contributed by atoms with Gasteiger partial charge in [0.25, 0.3) is 5.91 Å². The Morgan fingerprint density at radius 1 is 0.960 bits per heavy atom. The first kappa shape index (κ1) is 15.0. The lowest BCUT2D eigenvalue weighted by Gasteiger charge is -2.55. The number of aromatic amines is 1. The number of hydrazine groups is 1. The Bertz CT molecular complexity index is 818. The van der Waals surface area contributed by atoms with Crippen LogP contribution in [0, 0.1) is 23.2 Å².